The van der Waals surface area contributed by atoms with Gasteiger partial charge in [-0.15, -0.1) is 0 Å². The first-order chi connectivity index (χ1) is 17.3. The molecule has 0 bridgehead atoms. The lowest BCUT2D eigenvalue weighted by Gasteiger charge is -2.36. The highest BCUT2D eigenvalue weighted by Crippen LogP contribution is 2.37. The number of thiocarbonyl (C=S) groups is 1. The number of hydrogen-bond donors (Lipinski definition) is 0. The number of hydrogen-bond acceptors (Lipinski definition) is 6. The fraction of sp³-hybridized carbons (Fsp3) is 0.643. The third-order valence-electron chi connectivity index (χ3n) is 7.13. The molecular formula is C28H40N4O2S2. The molecule has 36 heavy (non-hydrogen) atoms. The van der Waals surface area contributed by atoms with Gasteiger partial charge in [0.05, 0.1) is 4.91 Å². The standard InChI is InChI=1S/C28H40N4O2S2/c1-5-7-8-9-10-11-16-32-27(34)24(36-28(32)35)17-22-21(4)23(18-29)26(33)31(14-6-2)25(22)30-15-12-13-20(3)19-30/h17,20H,5-16,19H2,1-4H3. The molecule has 2 saturated heterocycles. The van der Waals surface area contributed by atoms with Gasteiger partial charge in [-0.3, -0.25) is 19.1 Å². The Morgan fingerprint density at radius 1 is 1.11 bits per heavy atom. The maximum Gasteiger partial charge on any atom is 0.270 e. The van der Waals surface area contributed by atoms with Crippen molar-refractivity contribution in [1.29, 1.82) is 5.26 Å². The van der Waals surface area contributed by atoms with E-state index < -0.39 is 0 Å². The molecule has 2 aliphatic rings. The summed E-state index contributed by atoms with van der Waals surface area (Å²) in [5.41, 5.74) is 1.36. The molecule has 3 rings (SSSR count). The van der Waals surface area contributed by atoms with E-state index in [0.29, 0.717) is 33.8 Å². The van der Waals surface area contributed by atoms with Gasteiger partial charge in [0.2, 0.25) is 0 Å². The first-order valence-electron chi connectivity index (χ1n) is 13.5. The molecule has 0 aromatic carbocycles. The van der Waals surface area contributed by atoms with Crippen LogP contribution < -0.4 is 10.5 Å². The maximum atomic E-state index is 13.4. The molecule has 0 spiro atoms. The molecule has 2 aliphatic heterocycles. The minimum Gasteiger partial charge on any atom is -0.357 e. The maximum absolute atomic E-state index is 13.4. The number of piperidine rings is 1. The molecule has 1 aromatic rings. The van der Waals surface area contributed by atoms with E-state index in [9.17, 15) is 14.9 Å². The van der Waals surface area contributed by atoms with E-state index in [0.717, 1.165) is 56.6 Å². The molecule has 0 saturated carbocycles. The summed E-state index contributed by atoms with van der Waals surface area (Å²) in [5, 5.41) is 9.83. The van der Waals surface area contributed by atoms with Gasteiger partial charge in [0.1, 0.15) is 21.8 Å². The van der Waals surface area contributed by atoms with E-state index in [1.165, 1.54) is 37.4 Å². The van der Waals surface area contributed by atoms with E-state index in [4.69, 9.17) is 12.2 Å². The molecular weight excluding hydrogens is 488 g/mol. The van der Waals surface area contributed by atoms with Crippen LogP contribution in [0.25, 0.3) is 6.08 Å². The van der Waals surface area contributed by atoms with Crippen molar-refractivity contribution in [2.75, 3.05) is 24.5 Å². The number of thioether (sulfide) groups is 1. The second-order valence-electron chi connectivity index (χ2n) is 10.1. The molecule has 0 radical (unpaired) electrons. The number of unbranched alkanes of at least 4 members (excludes halogenated alkanes) is 5. The van der Waals surface area contributed by atoms with Gasteiger partial charge in [-0.05, 0) is 50.2 Å². The molecule has 2 fully saturated rings. The number of pyridine rings is 1. The van der Waals surface area contributed by atoms with Gasteiger partial charge in [0, 0.05) is 31.7 Å². The van der Waals surface area contributed by atoms with Gasteiger partial charge >= 0.3 is 0 Å². The lowest BCUT2D eigenvalue weighted by Crippen LogP contribution is -2.40. The highest BCUT2D eigenvalue weighted by atomic mass is 32.2. The second-order valence-corrected chi connectivity index (χ2v) is 11.8. The summed E-state index contributed by atoms with van der Waals surface area (Å²) in [6, 6.07) is 2.14. The van der Waals surface area contributed by atoms with Crippen molar-refractivity contribution < 1.29 is 4.79 Å². The van der Waals surface area contributed by atoms with Gasteiger partial charge in [-0.1, -0.05) is 76.9 Å². The van der Waals surface area contributed by atoms with Crippen molar-refractivity contribution in [1.82, 2.24) is 9.47 Å². The Hall–Kier alpha value is -2.11. The summed E-state index contributed by atoms with van der Waals surface area (Å²) in [7, 11) is 0. The van der Waals surface area contributed by atoms with Crippen LogP contribution in [0, 0.1) is 24.2 Å². The Morgan fingerprint density at radius 2 is 1.83 bits per heavy atom. The molecule has 0 aliphatic carbocycles. The predicted octanol–water partition coefficient (Wildman–Crippen LogP) is 6.24. The van der Waals surface area contributed by atoms with E-state index in [-0.39, 0.29) is 17.0 Å². The van der Waals surface area contributed by atoms with Gasteiger partial charge in [0.25, 0.3) is 11.5 Å². The zero-order chi connectivity index (χ0) is 26.2. The molecule has 3 heterocycles. The van der Waals surface area contributed by atoms with Crippen LogP contribution in [0.1, 0.15) is 95.2 Å². The first kappa shape index (κ1) is 28.5. The first-order valence-corrected chi connectivity index (χ1v) is 14.7. The van der Waals surface area contributed by atoms with Crippen LogP contribution >= 0.6 is 24.0 Å². The minimum atomic E-state index is -0.238. The summed E-state index contributed by atoms with van der Waals surface area (Å²) in [5.74, 6) is 1.29. The minimum absolute atomic E-state index is 0.0670. The monoisotopic (exact) mass is 528 g/mol. The molecule has 1 aromatic heterocycles. The van der Waals surface area contributed by atoms with Crippen molar-refractivity contribution in [2.45, 2.75) is 92.0 Å². The average Bonchev–Trinajstić information content (AvgIpc) is 3.12. The zero-order valence-electron chi connectivity index (χ0n) is 22.3. The molecule has 8 heteroatoms. The predicted molar refractivity (Wildman–Crippen MR) is 154 cm³/mol. The van der Waals surface area contributed by atoms with E-state index in [1.54, 1.807) is 9.47 Å². The van der Waals surface area contributed by atoms with Crippen LogP contribution in [0.15, 0.2) is 9.70 Å². The highest BCUT2D eigenvalue weighted by molar-refractivity contribution is 8.26. The van der Waals surface area contributed by atoms with Crippen molar-refractivity contribution in [3.8, 4) is 6.07 Å². The van der Waals surface area contributed by atoms with Crippen molar-refractivity contribution in [3.63, 3.8) is 0 Å². The largest absolute Gasteiger partial charge is 0.357 e. The second kappa shape index (κ2) is 13.4. The van der Waals surface area contributed by atoms with Crippen molar-refractivity contribution >= 4 is 46.1 Å². The molecule has 196 valence electrons. The average molecular weight is 529 g/mol. The molecule has 1 unspecified atom stereocenters. The highest BCUT2D eigenvalue weighted by Gasteiger charge is 2.33. The quantitative estimate of drug-likeness (QED) is 0.192. The Bertz CT molecular complexity index is 1100. The van der Waals surface area contributed by atoms with Gasteiger partial charge < -0.3 is 4.90 Å². The Labute approximate surface area is 225 Å². The van der Waals surface area contributed by atoms with Gasteiger partial charge in [-0.25, -0.2) is 0 Å². The van der Waals surface area contributed by atoms with Crippen LogP contribution in [-0.2, 0) is 11.3 Å². The number of anilines is 1. The van der Waals surface area contributed by atoms with Crippen LogP contribution in [-0.4, -0.2) is 39.3 Å². The lowest BCUT2D eigenvalue weighted by molar-refractivity contribution is -0.122. The molecule has 0 N–H and O–H groups in total. The number of aromatic nitrogens is 1. The van der Waals surface area contributed by atoms with Crippen molar-refractivity contribution in [3.05, 3.63) is 31.9 Å². The van der Waals surface area contributed by atoms with Crippen LogP contribution in [0.5, 0.6) is 0 Å². The topological polar surface area (TPSA) is 69.3 Å². The zero-order valence-corrected chi connectivity index (χ0v) is 23.9. The number of carbonyl (C=O) groups excluding carboxylic acids is 1. The summed E-state index contributed by atoms with van der Waals surface area (Å²) in [6.07, 6.45) is 11.8. The van der Waals surface area contributed by atoms with Crippen LogP contribution in [0.3, 0.4) is 0 Å². The lowest BCUT2D eigenvalue weighted by atomic mass is 9.98. The SMILES string of the molecule is CCCCCCCCN1C(=O)C(=Cc2c(C)c(C#N)c(=O)n(CCC)c2N2CCCC(C)C2)SC1=S. The summed E-state index contributed by atoms with van der Waals surface area (Å²) < 4.78 is 2.35. The summed E-state index contributed by atoms with van der Waals surface area (Å²) >= 11 is 6.91. The number of rotatable bonds is 11. The summed E-state index contributed by atoms with van der Waals surface area (Å²) in [4.78, 5) is 31.3. The Morgan fingerprint density at radius 3 is 2.50 bits per heavy atom. The number of amides is 1. The molecule has 6 nitrogen and oxygen atoms in total. The fourth-order valence-corrected chi connectivity index (χ4v) is 6.46. The number of nitriles is 1. The van der Waals surface area contributed by atoms with Gasteiger partial charge in [-0.2, -0.15) is 5.26 Å². The molecule has 1 atom stereocenters. The Kier molecular flexibility index (Phi) is 10.6. The van der Waals surface area contributed by atoms with Gasteiger partial charge in [0.15, 0.2) is 0 Å². The fourth-order valence-electron chi connectivity index (χ4n) is 5.17. The van der Waals surface area contributed by atoms with E-state index >= 15 is 0 Å². The third kappa shape index (κ3) is 6.41. The van der Waals surface area contributed by atoms with Crippen molar-refractivity contribution in [2.24, 2.45) is 5.92 Å². The number of carbonyl (C=O) groups is 1. The third-order valence-corrected chi connectivity index (χ3v) is 8.51. The van der Waals surface area contributed by atoms with E-state index in [1.807, 2.05) is 19.9 Å². The smallest absolute Gasteiger partial charge is 0.270 e. The summed E-state index contributed by atoms with van der Waals surface area (Å²) in [6.45, 7) is 11.2. The normalized spacial score (nSPS) is 19.4. The molecule has 1 amide bonds. The van der Waals surface area contributed by atoms with Crippen LogP contribution in [0.2, 0.25) is 0 Å². The Balaban J connectivity index is 1.98. The number of nitrogens with zero attached hydrogens (tertiary/aromatic N) is 4. The van der Waals surface area contributed by atoms with E-state index in [2.05, 4.69) is 24.8 Å². The van der Waals surface area contributed by atoms with Crippen LogP contribution in [0.4, 0.5) is 5.82 Å².